The van der Waals surface area contributed by atoms with E-state index in [0.717, 1.165) is 66.6 Å². The van der Waals surface area contributed by atoms with Gasteiger partial charge in [-0.1, -0.05) is 98.8 Å². The highest BCUT2D eigenvalue weighted by Crippen LogP contribution is 2.62. The van der Waals surface area contributed by atoms with Gasteiger partial charge in [-0.3, -0.25) is 9.59 Å². The smallest absolute Gasteiger partial charge is 0.308 e. The lowest BCUT2D eigenvalue weighted by atomic mass is 9.58. The molecule has 2 aliphatic rings. The second-order valence-electron chi connectivity index (χ2n) is 13.8. The topological polar surface area (TPSA) is 78.4 Å². The van der Waals surface area contributed by atoms with Crippen LogP contribution in [-0.2, 0) is 29.9 Å². The van der Waals surface area contributed by atoms with Crippen molar-refractivity contribution in [1.82, 2.24) is 9.97 Å². The lowest BCUT2D eigenvalue weighted by Crippen LogP contribution is -2.41. The molecule has 6 heteroatoms. The highest BCUT2D eigenvalue weighted by Gasteiger charge is 2.55. The van der Waals surface area contributed by atoms with E-state index >= 15 is 0 Å². The summed E-state index contributed by atoms with van der Waals surface area (Å²) in [6.45, 7) is 3.91. The van der Waals surface area contributed by atoms with Crippen molar-refractivity contribution >= 4 is 33.7 Å². The largest absolute Gasteiger partial charge is 0.469 e. The Labute approximate surface area is 286 Å². The van der Waals surface area contributed by atoms with Crippen molar-refractivity contribution in [3.63, 3.8) is 0 Å². The number of ether oxygens (including phenoxy) is 2. The van der Waals surface area contributed by atoms with E-state index in [0.29, 0.717) is 19.3 Å². The van der Waals surface area contributed by atoms with Crippen molar-refractivity contribution in [3.05, 3.63) is 131 Å². The minimum absolute atomic E-state index is 0.254. The molecule has 49 heavy (non-hydrogen) atoms. The molecule has 2 aromatic heterocycles. The number of nitrogens with zero attached hydrogens (tertiary/aromatic N) is 2. The first kappa shape index (κ1) is 30.9. The number of para-hydroxylation sites is 2. The summed E-state index contributed by atoms with van der Waals surface area (Å²) in [7, 11) is 2.91. The number of rotatable bonds is 8. The number of methoxy groups -OCH3 is 2. The fraction of sp³-hybridized carbons (Fsp3) is 0.256. The van der Waals surface area contributed by atoms with Gasteiger partial charge in [0.2, 0.25) is 0 Å². The Morgan fingerprint density at radius 3 is 1.39 bits per heavy atom. The van der Waals surface area contributed by atoms with Gasteiger partial charge in [-0.2, -0.15) is 0 Å². The number of pyridine rings is 2. The number of hydrogen-bond acceptors (Lipinski definition) is 6. The summed E-state index contributed by atoms with van der Waals surface area (Å²) in [6.07, 6.45) is 1.57. The van der Waals surface area contributed by atoms with Gasteiger partial charge in [-0.15, -0.1) is 0 Å². The number of benzene rings is 4. The van der Waals surface area contributed by atoms with Crippen LogP contribution in [-0.4, -0.2) is 36.1 Å². The van der Waals surface area contributed by atoms with Crippen molar-refractivity contribution in [2.45, 2.75) is 43.9 Å². The Hall–Kier alpha value is -5.36. The maximum atomic E-state index is 13.3. The normalized spacial score (nSPS) is 19.8. The van der Waals surface area contributed by atoms with Crippen LogP contribution in [0.4, 0.5) is 0 Å². The van der Waals surface area contributed by atoms with E-state index in [1.54, 1.807) is 0 Å². The summed E-state index contributed by atoms with van der Waals surface area (Å²) in [5, 5.41) is 2.09. The molecule has 2 aliphatic carbocycles. The fourth-order valence-corrected chi connectivity index (χ4v) is 8.97. The van der Waals surface area contributed by atoms with Crippen LogP contribution in [0.5, 0.6) is 0 Å². The van der Waals surface area contributed by atoms with Crippen LogP contribution in [0, 0.1) is 11.8 Å². The van der Waals surface area contributed by atoms with Crippen LogP contribution >= 0.6 is 0 Å². The molecule has 3 unspecified atom stereocenters. The van der Waals surface area contributed by atoms with Crippen molar-refractivity contribution in [2.75, 3.05) is 14.2 Å². The first-order valence-electron chi connectivity index (χ1n) is 17.0. The van der Waals surface area contributed by atoms with Crippen LogP contribution in [0.2, 0.25) is 0 Å². The SMILES string of the molecule is COC(=O)C(C)CC1(C[C@]2(CC(C)C(=O)OC)c3ccccc3-c3nc4ccccc4cc32)c2ccccc2-c2nc3ccccc3cc21. The van der Waals surface area contributed by atoms with Gasteiger partial charge in [0.15, 0.2) is 0 Å². The van der Waals surface area contributed by atoms with E-state index in [2.05, 4.69) is 84.9 Å². The van der Waals surface area contributed by atoms with Crippen molar-refractivity contribution in [3.8, 4) is 22.5 Å². The summed E-state index contributed by atoms with van der Waals surface area (Å²) >= 11 is 0. The zero-order chi connectivity index (χ0) is 33.9. The molecule has 4 atom stereocenters. The Morgan fingerprint density at radius 1 is 0.571 bits per heavy atom. The van der Waals surface area contributed by atoms with Gasteiger partial charge in [0.25, 0.3) is 0 Å². The molecule has 0 aliphatic heterocycles. The van der Waals surface area contributed by atoms with Crippen LogP contribution in [0.3, 0.4) is 0 Å². The lowest BCUT2D eigenvalue weighted by Gasteiger charge is -2.44. The van der Waals surface area contributed by atoms with Crippen LogP contribution in [0.1, 0.15) is 55.4 Å². The number of esters is 2. The fourth-order valence-electron chi connectivity index (χ4n) is 8.97. The monoisotopic (exact) mass is 646 g/mol. The van der Waals surface area contributed by atoms with E-state index < -0.39 is 22.7 Å². The third-order valence-electron chi connectivity index (χ3n) is 11.0. The Kier molecular flexibility index (Phi) is 7.36. The van der Waals surface area contributed by atoms with Crippen LogP contribution in [0.15, 0.2) is 109 Å². The summed E-state index contributed by atoms with van der Waals surface area (Å²) in [5.41, 5.74) is 8.96. The highest BCUT2D eigenvalue weighted by molar-refractivity contribution is 5.91. The minimum Gasteiger partial charge on any atom is -0.469 e. The average Bonchev–Trinajstić information content (AvgIpc) is 3.54. The zero-order valence-electron chi connectivity index (χ0n) is 28.2. The number of carbonyl (C=O) groups is 2. The second kappa shape index (κ2) is 11.7. The third-order valence-corrected chi connectivity index (χ3v) is 11.0. The van der Waals surface area contributed by atoms with Gasteiger partial charge in [0.1, 0.15) is 0 Å². The van der Waals surface area contributed by atoms with Crippen LogP contribution < -0.4 is 0 Å². The molecule has 0 fully saturated rings. The van der Waals surface area contributed by atoms with E-state index in [9.17, 15) is 9.59 Å². The summed E-state index contributed by atoms with van der Waals surface area (Å²) in [6, 6.07) is 37.9. The molecule has 0 radical (unpaired) electrons. The van der Waals surface area contributed by atoms with E-state index in [4.69, 9.17) is 19.4 Å². The number of hydrogen-bond donors (Lipinski definition) is 0. The van der Waals surface area contributed by atoms with Gasteiger partial charge in [-0.05, 0) is 65.8 Å². The molecular formula is C43H38N2O4. The molecule has 0 saturated heterocycles. The third kappa shape index (κ3) is 4.68. The maximum Gasteiger partial charge on any atom is 0.308 e. The molecular weight excluding hydrogens is 608 g/mol. The molecule has 2 heterocycles. The maximum absolute atomic E-state index is 13.3. The molecule has 0 saturated carbocycles. The van der Waals surface area contributed by atoms with Gasteiger partial charge in [-0.25, -0.2) is 9.97 Å². The zero-order valence-corrected chi connectivity index (χ0v) is 28.2. The summed E-state index contributed by atoms with van der Waals surface area (Å²) < 4.78 is 10.7. The molecule has 4 aromatic carbocycles. The molecule has 0 bridgehead atoms. The standard InChI is InChI=1S/C43H38N2O4/c1-26(40(46)48-3)23-42(32-17-9-7-15-30(32)38-34(42)21-28-13-5-11-19-36(28)44-38)25-43(24-27(2)41(47)49-4)33-18-10-8-16-31(33)39-35(43)22-29-14-6-12-20-37(29)45-39/h5-22,26-27H,23-25H2,1-4H3/t26?,27?,42-,43?/m1/s1. The van der Waals surface area contributed by atoms with E-state index in [1.807, 2.05) is 38.1 Å². The van der Waals surface area contributed by atoms with Gasteiger partial charge in [0, 0.05) is 32.7 Å². The molecule has 8 rings (SSSR count). The number of aromatic nitrogens is 2. The predicted molar refractivity (Wildman–Crippen MR) is 192 cm³/mol. The van der Waals surface area contributed by atoms with Crippen molar-refractivity contribution < 1.29 is 19.1 Å². The van der Waals surface area contributed by atoms with E-state index in [1.165, 1.54) is 14.2 Å². The predicted octanol–water partition coefficient (Wildman–Crippen LogP) is 8.80. The quantitative estimate of drug-likeness (QED) is 0.154. The van der Waals surface area contributed by atoms with Gasteiger partial charge < -0.3 is 9.47 Å². The lowest BCUT2D eigenvalue weighted by molar-refractivity contribution is -0.145. The number of fused-ring (bicyclic) bond motifs is 8. The first-order chi connectivity index (χ1) is 23.8. The molecule has 0 N–H and O–H groups in total. The van der Waals surface area contributed by atoms with E-state index in [-0.39, 0.29) is 11.9 Å². The molecule has 6 nitrogen and oxygen atoms in total. The highest BCUT2D eigenvalue weighted by atomic mass is 16.5. The van der Waals surface area contributed by atoms with Gasteiger partial charge in [0.05, 0.1) is 48.5 Å². The number of carbonyl (C=O) groups excluding carboxylic acids is 2. The van der Waals surface area contributed by atoms with Gasteiger partial charge >= 0.3 is 11.9 Å². The molecule has 6 aromatic rings. The minimum atomic E-state index is -0.674. The second-order valence-corrected chi connectivity index (χ2v) is 13.8. The Morgan fingerprint density at radius 2 is 0.959 bits per heavy atom. The molecule has 0 amide bonds. The first-order valence-corrected chi connectivity index (χ1v) is 17.0. The van der Waals surface area contributed by atoms with Crippen molar-refractivity contribution in [2.24, 2.45) is 11.8 Å². The molecule has 244 valence electrons. The summed E-state index contributed by atoms with van der Waals surface area (Å²) in [4.78, 5) is 37.3. The average molecular weight is 647 g/mol. The van der Waals surface area contributed by atoms with Crippen LogP contribution in [0.25, 0.3) is 44.3 Å². The Balaban J connectivity index is 1.47. The van der Waals surface area contributed by atoms with Crippen molar-refractivity contribution in [1.29, 1.82) is 0 Å². The molecule has 0 spiro atoms. The summed E-state index contributed by atoms with van der Waals surface area (Å²) in [5.74, 6) is -1.35. The Bertz CT molecular complexity index is 2140.